The average Bonchev–Trinajstić information content (AvgIpc) is 3.80. The van der Waals surface area contributed by atoms with Gasteiger partial charge in [-0.25, -0.2) is 4.98 Å². The van der Waals surface area contributed by atoms with Crippen LogP contribution in [0.15, 0.2) is 59.1 Å². The van der Waals surface area contributed by atoms with Crippen LogP contribution in [0.4, 0.5) is 0 Å². The first-order valence-corrected chi connectivity index (χ1v) is 20.2. The molecule has 1 saturated heterocycles. The first-order valence-electron chi connectivity index (χ1n) is 19.4. The second-order valence-electron chi connectivity index (χ2n) is 17.2. The predicted molar refractivity (Wildman–Crippen MR) is 220 cm³/mol. The molecule has 1 fully saturated rings. The van der Waals surface area contributed by atoms with Crippen molar-refractivity contribution in [2.75, 3.05) is 20.2 Å². The fraction of sp³-hybridized carbons (Fsp3) is 0.595. The van der Waals surface area contributed by atoms with Crippen LogP contribution in [-0.4, -0.2) is 83.6 Å². The van der Waals surface area contributed by atoms with E-state index >= 15 is 0 Å². The maximum atomic E-state index is 14.7. The number of allylic oxidation sites excluding steroid dienone is 1. The van der Waals surface area contributed by atoms with Crippen LogP contribution < -0.4 is 21.7 Å². The zero-order chi connectivity index (χ0) is 42.0. The normalized spacial score (nSPS) is 19.2. The number of nitrogens with two attached hydrogens (primary N) is 1. The lowest BCUT2D eigenvalue weighted by molar-refractivity contribution is -0.141. The Bertz CT molecular complexity index is 1700. The molecule has 5 N–H and O–H groups in total. The summed E-state index contributed by atoms with van der Waals surface area (Å²) >= 11 is 1.30. The van der Waals surface area contributed by atoms with Gasteiger partial charge in [-0.05, 0) is 34.7 Å². The van der Waals surface area contributed by atoms with E-state index in [1.165, 1.54) is 23.3 Å². The van der Waals surface area contributed by atoms with E-state index in [4.69, 9.17) is 15.5 Å². The molecule has 2 heterocycles. The van der Waals surface area contributed by atoms with Gasteiger partial charge in [-0.15, -0.1) is 11.3 Å². The molecule has 1 aliphatic rings. The van der Waals surface area contributed by atoms with Gasteiger partial charge in [0.25, 0.3) is 0 Å². The van der Waals surface area contributed by atoms with Gasteiger partial charge < -0.3 is 31.3 Å². The molecular weight excluding hydrogens is 731 g/mol. The molecule has 0 bridgehead atoms. The molecule has 14 heteroatoms. The molecule has 1 aromatic carbocycles. The standard InChI is InChI=1S/C42H63N7O6S/c1-25(2)17-18-29(41(5,6)7)37(45-24-31(50)49-21-19-26(3)34(49)36(43)52)48-35(42(8,9)10)39(54)47-33(27(4)28-15-13-12-14-16-28)38(53)46-30(23-32(51)55-11)40-44-20-22-56-40/h12-18,20,22,25-27,29-30,33-35H,19,21,23-24H2,1-11H3,(H2,43,52)(H,45,48)(H,46,53)(H,47,54)/b18-17+/t26-,27+,29?,30-,33?,34+,35?/m1/s1. The van der Waals surface area contributed by atoms with Crippen LogP contribution in [0.2, 0.25) is 0 Å². The lowest BCUT2D eigenvalue weighted by Gasteiger charge is -2.37. The molecule has 13 nitrogen and oxygen atoms in total. The minimum atomic E-state index is -1.07. The highest BCUT2D eigenvalue weighted by Crippen LogP contribution is 2.31. The Kier molecular flexibility index (Phi) is 16.4. The summed E-state index contributed by atoms with van der Waals surface area (Å²) in [6.45, 7) is 20.0. The predicted octanol–water partition coefficient (Wildman–Crippen LogP) is 5.15. The summed E-state index contributed by atoms with van der Waals surface area (Å²) in [7, 11) is 1.28. The molecule has 56 heavy (non-hydrogen) atoms. The van der Waals surface area contributed by atoms with E-state index in [0.29, 0.717) is 23.8 Å². The number of thiazole rings is 1. The number of amidine groups is 1. The van der Waals surface area contributed by atoms with Gasteiger partial charge in [0, 0.05) is 30.0 Å². The van der Waals surface area contributed by atoms with Crippen molar-refractivity contribution in [2.45, 2.75) is 112 Å². The fourth-order valence-electron chi connectivity index (χ4n) is 6.81. The van der Waals surface area contributed by atoms with Crippen molar-refractivity contribution >= 4 is 46.8 Å². The third kappa shape index (κ3) is 12.7. The Morgan fingerprint density at radius 2 is 1.64 bits per heavy atom. The van der Waals surface area contributed by atoms with Crippen LogP contribution in [0.3, 0.4) is 0 Å². The molecule has 2 aromatic rings. The molecule has 3 unspecified atom stereocenters. The number of hydrogen-bond donors (Lipinski definition) is 4. The number of primary amides is 1. The first-order chi connectivity index (χ1) is 26.1. The number of carbonyl (C=O) groups is 5. The minimum absolute atomic E-state index is 0.0657. The molecule has 0 saturated carbocycles. The number of hydrogen-bond acceptors (Lipinski definition) is 9. The Balaban J connectivity index is 2.07. The van der Waals surface area contributed by atoms with Crippen LogP contribution >= 0.6 is 11.3 Å². The number of ether oxygens (including phenoxy) is 1. The average molecular weight is 794 g/mol. The van der Waals surface area contributed by atoms with Gasteiger partial charge in [0.05, 0.1) is 19.6 Å². The number of aliphatic imine (C=N–C) groups is 1. The number of esters is 1. The molecule has 1 aliphatic heterocycles. The smallest absolute Gasteiger partial charge is 0.308 e. The molecular formula is C42H63N7O6S. The largest absolute Gasteiger partial charge is 0.469 e. The van der Waals surface area contributed by atoms with Crippen LogP contribution in [-0.2, 0) is 28.7 Å². The second kappa shape index (κ2) is 20.0. The molecule has 1 aromatic heterocycles. The van der Waals surface area contributed by atoms with E-state index in [1.807, 2.05) is 65.0 Å². The van der Waals surface area contributed by atoms with Crippen molar-refractivity contribution in [1.29, 1.82) is 0 Å². The van der Waals surface area contributed by atoms with Gasteiger partial charge in [-0.3, -0.25) is 29.0 Å². The Hall–Kier alpha value is -4.59. The van der Waals surface area contributed by atoms with Crippen LogP contribution in [0.25, 0.3) is 0 Å². The number of rotatable bonds is 16. The third-order valence-electron chi connectivity index (χ3n) is 10.1. The van der Waals surface area contributed by atoms with E-state index < -0.39 is 64.6 Å². The first kappa shape index (κ1) is 45.8. The molecule has 7 atom stereocenters. The molecule has 0 radical (unpaired) electrons. The summed E-state index contributed by atoms with van der Waals surface area (Å²) in [5.74, 6) is -2.60. The van der Waals surface area contributed by atoms with Gasteiger partial charge in [-0.1, -0.05) is 112 Å². The topological polar surface area (TPSA) is 185 Å². The maximum Gasteiger partial charge on any atom is 0.308 e. The molecule has 3 rings (SSSR count). The van der Waals surface area contributed by atoms with Gasteiger partial charge in [0.1, 0.15) is 35.5 Å². The molecule has 0 aliphatic carbocycles. The zero-order valence-electron chi connectivity index (χ0n) is 34.9. The number of carbonyl (C=O) groups excluding carboxylic acids is 5. The van der Waals surface area contributed by atoms with Crippen LogP contribution in [0.1, 0.15) is 105 Å². The number of aromatic nitrogens is 1. The van der Waals surface area contributed by atoms with Crippen molar-refractivity contribution in [3.63, 3.8) is 0 Å². The minimum Gasteiger partial charge on any atom is -0.469 e. The summed E-state index contributed by atoms with van der Waals surface area (Å²) < 4.78 is 4.91. The Labute approximate surface area is 336 Å². The van der Waals surface area contributed by atoms with Crippen molar-refractivity contribution in [3.05, 3.63) is 64.6 Å². The molecule has 308 valence electrons. The van der Waals surface area contributed by atoms with E-state index in [-0.39, 0.29) is 36.6 Å². The zero-order valence-corrected chi connectivity index (χ0v) is 35.7. The van der Waals surface area contributed by atoms with Crippen molar-refractivity contribution in [3.8, 4) is 0 Å². The number of nitrogens with one attached hydrogen (secondary N) is 3. The maximum absolute atomic E-state index is 14.7. The summed E-state index contributed by atoms with van der Waals surface area (Å²) in [4.78, 5) is 78.1. The Morgan fingerprint density at radius 3 is 2.18 bits per heavy atom. The summed E-state index contributed by atoms with van der Waals surface area (Å²) in [6, 6.07) is 5.91. The van der Waals surface area contributed by atoms with Crippen molar-refractivity contribution in [1.82, 2.24) is 25.8 Å². The van der Waals surface area contributed by atoms with E-state index in [0.717, 1.165) is 5.56 Å². The van der Waals surface area contributed by atoms with Gasteiger partial charge in [-0.2, -0.15) is 0 Å². The van der Waals surface area contributed by atoms with Gasteiger partial charge in [0.2, 0.25) is 23.6 Å². The third-order valence-corrected chi connectivity index (χ3v) is 11.0. The number of amides is 4. The van der Waals surface area contributed by atoms with E-state index in [9.17, 15) is 24.0 Å². The summed E-state index contributed by atoms with van der Waals surface area (Å²) in [5.41, 5.74) is 5.41. The Morgan fingerprint density at radius 1 is 0.982 bits per heavy atom. The highest BCUT2D eigenvalue weighted by Gasteiger charge is 2.41. The van der Waals surface area contributed by atoms with Gasteiger partial charge in [0.15, 0.2) is 0 Å². The molecule has 4 amide bonds. The van der Waals surface area contributed by atoms with E-state index in [1.54, 1.807) is 11.6 Å². The summed E-state index contributed by atoms with van der Waals surface area (Å²) in [6.07, 6.45) is 6.23. The van der Waals surface area contributed by atoms with Crippen LogP contribution in [0.5, 0.6) is 0 Å². The lowest BCUT2D eigenvalue weighted by Crippen LogP contribution is -2.60. The second-order valence-corrected chi connectivity index (χ2v) is 18.1. The SMILES string of the molecule is COC(=O)C[C@@H](NC(=O)C(NC(=O)C(NC(=NCC(=O)N1CC[C@@H](C)[C@H]1C(N)=O)C(/C=C/C(C)C)C(C)(C)C)C(C)(C)C)[C@@H](C)c1ccccc1)c1nccs1. The quantitative estimate of drug-likeness (QED) is 0.0778. The van der Waals surface area contributed by atoms with Crippen molar-refractivity contribution < 1.29 is 28.7 Å². The number of methoxy groups -OCH3 is 1. The van der Waals surface area contributed by atoms with E-state index in [2.05, 4.69) is 67.7 Å². The number of nitrogens with zero attached hydrogens (tertiary/aromatic N) is 3. The highest BCUT2D eigenvalue weighted by molar-refractivity contribution is 7.09. The molecule has 0 spiro atoms. The summed E-state index contributed by atoms with van der Waals surface area (Å²) in [5, 5.41) is 11.8. The van der Waals surface area contributed by atoms with Crippen molar-refractivity contribution in [2.24, 2.45) is 39.3 Å². The fourth-order valence-corrected chi connectivity index (χ4v) is 7.50. The monoisotopic (exact) mass is 793 g/mol. The number of likely N-dealkylation sites (tertiary alicyclic amines) is 1. The lowest BCUT2D eigenvalue weighted by atomic mass is 9.78. The van der Waals surface area contributed by atoms with Gasteiger partial charge >= 0.3 is 5.97 Å². The number of benzene rings is 1. The van der Waals surface area contributed by atoms with Crippen LogP contribution in [0, 0.1) is 28.6 Å². The highest BCUT2D eigenvalue weighted by atomic mass is 32.1.